The van der Waals surface area contributed by atoms with Crippen molar-refractivity contribution in [3.8, 4) is 0 Å². The molecule has 0 bridgehead atoms. The van der Waals surface area contributed by atoms with Gasteiger partial charge in [0.1, 0.15) is 6.04 Å². The Hall–Kier alpha value is -3.06. The average molecular weight is 449 g/mol. The summed E-state index contributed by atoms with van der Waals surface area (Å²) in [6.45, 7) is 5.93. The fraction of sp³-hybridized carbons (Fsp3) is 0.360. The smallest absolute Gasteiger partial charge is 0.280 e. The number of aryl methyl sites for hydroxylation is 3. The summed E-state index contributed by atoms with van der Waals surface area (Å²) in [6.07, 6.45) is 4.17. The number of anilines is 1. The van der Waals surface area contributed by atoms with Gasteiger partial charge in [-0.2, -0.15) is 0 Å². The first kappa shape index (κ1) is 22.1. The third kappa shape index (κ3) is 4.72. The van der Waals surface area contributed by atoms with Crippen LogP contribution in [-0.2, 0) is 4.79 Å². The van der Waals surface area contributed by atoms with Crippen LogP contribution in [0.4, 0.5) is 5.69 Å². The van der Waals surface area contributed by atoms with Crippen LogP contribution < -0.4 is 10.2 Å². The van der Waals surface area contributed by atoms with E-state index in [9.17, 15) is 9.59 Å². The zero-order chi connectivity index (χ0) is 22.7. The van der Waals surface area contributed by atoms with Crippen molar-refractivity contribution in [2.75, 3.05) is 4.90 Å². The number of rotatable bonds is 6. The van der Waals surface area contributed by atoms with Crippen molar-refractivity contribution in [3.05, 3.63) is 75.8 Å². The standard InChI is InChI=1S/C25H28N4O2S/c1-16-7-6-8-19(13-16)23(24(30)26-20-9-4-5-10-20)29(25(31)21-15-32-28-27-21)22-14-17(2)11-12-18(22)3/h6-8,11-15,20,23H,4-5,9-10H2,1-3H3,(H,26,30)/t23-/m0/s1. The molecule has 0 aliphatic heterocycles. The molecule has 3 aromatic rings. The molecule has 2 amide bonds. The summed E-state index contributed by atoms with van der Waals surface area (Å²) in [5.74, 6) is -0.500. The minimum absolute atomic E-state index is 0.145. The molecule has 1 heterocycles. The van der Waals surface area contributed by atoms with Crippen molar-refractivity contribution >= 4 is 29.0 Å². The summed E-state index contributed by atoms with van der Waals surface area (Å²) >= 11 is 1.12. The predicted molar refractivity (Wildman–Crippen MR) is 127 cm³/mol. The summed E-state index contributed by atoms with van der Waals surface area (Å²) in [6, 6.07) is 13.1. The second-order valence-corrected chi connectivity index (χ2v) is 9.17. The third-order valence-corrected chi connectivity index (χ3v) is 6.49. The number of amides is 2. The Bertz CT molecular complexity index is 1110. The Morgan fingerprint density at radius 1 is 1.06 bits per heavy atom. The maximum atomic E-state index is 13.8. The van der Waals surface area contributed by atoms with Crippen LogP contribution in [0.25, 0.3) is 0 Å². The maximum absolute atomic E-state index is 13.8. The predicted octanol–water partition coefficient (Wildman–Crippen LogP) is 4.91. The summed E-state index contributed by atoms with van der Waals surface area (Å²) in [4.78, 5) is 29.1. The number of hydrogen-bond acceptors (Lipinski definition) is 5. The van der Waals surface area contributed by atoms with Gasteiger partial charge in [-0.1, -0.05) is 59.3 Å². The van der Waals surface area contributed by atoms with E-state index in [1.165, 1.54) is 0 Å². The summed E-state index contributed by atoms with van der Waals surface area (Å²) < 4.78 is 3.88. The first-order chi connectivity index (χ1) is 15.4. The van der Waals surface area contributed by atoms with Gasteiger partial charge in [-0.25, -0.2) is 0 Å². The molecule has 166 valence electrons. The Balaban J connectivity index is 1.86. The normalized spacial score (nSPS) is 14.8. The molecular formula is C25H28N4O2S. The van der Waals surface area contributed by atoms with Gasteiger partial charge in [0, 0.05) is 17.1 Å². The van der Waals surface area contributed by atoms with Crippen LogP contribution >= 0.6 is 11.5 Å². The molecule has 0 radical (unpaired) electrons. The Labute approximate surface area is 192 Å². The van der Waals surface area contributed by atoms with Gasteiger partial charge in [0.2, 0.25) is 5.91 Å². The highest BCUT2D eigenvalue weighted by Crippen LogP contribution is 2.33. The van der Waals surface area contributed by atoms with E-state index in [0.717, 1.165) is 59.5 Å². The van der Waals surface area contributed by atoms with Gasteiger partial charge in [0.05, 0.1) is 0 Å². The molecule has 7 heteroatoms. The molecule has 1 aliphatic carbocycles. The quantitative estimate of drug-likeness (QED) is 0.581. The molecular weight excluding hydrogens is 420 g/mol. The van der Waals surface area contributed by atoms with Crippen molar-refractivity contribution in [1.82, 2.24) is 14.9 Å². The third-order valence-electron chi connectivity index (χ3n) is 5.99. The van der Waals surface area contributed by atoms with Gasteiger partial charge in [0.25, 0.3) is 5.91 Å². The van der Waals surface area contributed by atoms with Gasteiger partial charge in [-0.15, -0.1) is 5.10 Å². The van der Waals surface area contributed by atoms with Crippen molar-refractivity contribution in [1.29, 1.82) is 0 Å². The minimum atomic E-state index is -0.815. The molecule has 1 aliphatic rings. The highest BCUT2D eigenvalue weighted by molar-refractivity contribution is 7.03. The van der Waals surface area contributed by atoms with E-state index in [2.05, 4.69) is 14.9 Å². The average Bonchev–Trinajstić information content (AvgIpc) is 3.47. The molecule has 4 rings (SSSR count). The number of nitrogens with zero attached hydrogens (tertiary/aromatic N) is 3. The number of aromatic nitrogens is 2. The topological polar surface area (TPSA) is 75.2 Å². The maximum Gasteiger partial charge on any atom is 0.280 e. The van der Waals surface area contributed by atoms with Crippen LogP contribution in [0, 0.1) is 20.8 Å². The minimum Gasteiger partial charge on any atom is -0.351 e. The number of benzene rings is 2. The van der Waals surface area contributed by atoms with Gasteiger partial charge in [-0.05, 0) is 67.9 Å². The first-order valence-corrected chi connectivity index (χ1v) is 11.8. The monoisotopic (exact) mass is 448 g/mol. The molecule has 32 heavy (non-hydrogen) atoms. The lowest BCUT2D eigenvalue weighted by atomic mass is 9.98. The van der Waals surface area contributed by atoms with E-state index in [0.29, 0.717) is 5.69 Å². The Morgan fingerprint density at radius 3 is 2.50 bits per heavy atom. The first-order valence-electron chi connectivity index (χ1n) is 11.0. The van der Waals surface area contributed by atoms with E-state index in [-0.39, 0.29) is 23.6 Å². The lowest BCUT2D eigenvalue weighted by Gasteiger charge is -2.33. The Kier molecular flexibility index (Phi) is 6.65. The molecule has 0 saturated heterocycles. The zero-order valence-corrected chi connectivity index (χ0v) is 19.5. The second kappa shape index (κ2) is 9.61. The fourth-order valence-corrected chi connectivity index (χ4v) is 4.76. The van der Waals surface area contributed by atoms with Crippen molar-refractivity contribution in [2.45, 2.75) is 58.5 Å². The molecule has 1 N–H and O–H groups in total. The molecule has 0 spiro atoms. The van der Waals surface area contributed by atoms with E-state index < -0.39 is 6.04 Å². The molecule has 6 nitrogen and oxygen atoms in total. The number of nitrogens with one attached hydrogen (secondary N) is 1. The van der Waals surface area contributed by atoms with E-state index >= 15 is 0 Å². The molecule has 1 atom stereocenters. The number of carbonyl (C=O) groups is 2. The summed E-state index contributed by atoms with van der Waals surface area (Å²) in [5, 5.41) is 8.86. The summed E-state index contributed by atoms with van der Waals surface area (Å²) in [5.41, 5.74) is 4.68. The number of hydrogen-bond donors (Lipinski definition) is 1. The van der Waals surface area contributed by atoms with Crippen LogP contribution in [0.5, 0.6) is 0 Å². The lowest BCUT2D eigenvalue weighted by Crippen LogP contribution is -2.46. The van der Waals surface area contributed by atoms with Crippen LogP contribution in [-0.4, -0.2) is 27.4 Å². The molecule has 1 saturated carbocycles. The SMILES string of the molecule is Cc1cccc([C@@H](C(=O)NC2CCCC2)N(C(=O)c2csnn2)c2cc(C)ccc2C)c1. The summed E-state index contributed by atoms with van der Waals surface area (Å²) in [7, 11) is 0. The highest BCUT2D eigenvalue weighted by Gasteiger charge is 2.36. The van der Waals surface area contributed by atoms with E-state index in [1.807, 2.05) is 63.2 Å². The van der Waals surface area contributed by atoms with E-state index in [1.54, 1.807) is 10.3 Å². The number of carbonyl (C=O) groups excluding carboxylic acids is 2. The highest BCUT2D eigenvalue weighted by atomic mass is 32.1. The molecule has 1 fully saturated rings. The molecule has 2 aromatic carbocycles. The van der Waals surface area contributed by atoms with Gasteiger partial charge < -0.3 is 5.32 Å². The van der Waals surface area contributed by atoms with Crippen molar-refractivity contribution < 1.29 is 9.59 Å². The largest absolute Gasteiger partial charge is 0.351 e. The zero-order valence-electron chi connectivity index (χ0n) is 18.7. The lowest BCUT2D eigenvalue weighted by molar-refractivity contribution is -0.123. The molecule has 1 aromatic heterocycles. The van der Waals surface area contributed by atoms with Crippen molar-refractivity contribution in [2.24, 2.45) is 0 Å². The van der Waals surface area contributed by atoms with Crippen LogP contribution in [0.2, 0.25) is 0 Å². The van der Waals surface area contributed by atoms with Crippen LogP contribution in [0.1, 0.15) is 64.5 Å². The Morgan fingerprint density at radius 2 is 1.81 bits per heavy atom. The van der Waals surface area contributed by atoms with Crippen molar-refractivity contribution in [3.63, 3.8) is 0 Å². The van der Waals surface area contributed by atoms with Gasteiger partial charge in [0.15, 0.2) is 5.69 Å². The molecule has 0 unspecified atom stereocenters. The second-order valence-electron chi connectivity index (χ2n) is 8.56. The van der Waals surface area contributed by atoms with Crippen LogP contribution in [0.15, 0.2) is 47.8 Å². The van der Waals surface area contributed by atoms with Gasteiger partial charge >= 0.3 is 0 Å². The van der Waals surface area contributed by atoms with Crippen LogP contribution in [0.3, 0.4) is 0 Å². The fourth-order valence-electron chi connectivity index (χ4n) is 4.33. The van der Waals surface area contributed by atoms with E-state index in [4.69, 9.17) is 0 Å². The van der Waals surface area contributed by atoms with Gasteiger partial charge in [-0.3, -0.25) is 14.5 Å².